The first-order valence-corrected chi connectivity index (χ1v) is 10.5. The number of ether oxygens (including phenoxy) is 1. The van der Waals surface area contributed by atoms with Gasteiger partial charge in [0.1, 0.15) is 5.75 Å². The number of hydrogen-bond acceptors (Lipinski definition) is 4. The number of piperazine rings is 1. The van der Waals surface area contributed by atoms with Crippen LogP contribution in [0.3, 0.4) is 0 Å². The van der Waals surface area contributed by atoms with Crippen LogP contribution in [0.2, 0.25) is 10.0 Å². The second-order valence-corrected chi connectivity index (χ2v) is 8.49. The van der Waals surface area contributed by atoms with Crippen molar-refractivity contribution in [2.75, 3.05) is 36.4 Å². The Labute approximate surface area is 186 Å². The molecule has 30 heavy (non-hydrogen) atoms. The van der Waals surface area contributed by atoms with Crippen LogP contribution in [0.15, 0.2) is 42.5 Å². The lowest BCUT2D eigenvalue weighted by Gasteiger charge is -2.37. The Bertz CT molecular complexity index is 924. The van der Waals surface area contributed by atoms with Gasteiger partial charge in [0.15, 0.2) is 5.60 Å². The summed E-state index contributed by atoms with van der Waals surface area (Å²) in [7, 11) is 0. The molecule has 2 amide bonds. The summed E-state index contributed by atoms with van der Waals surface area (Å²) in [6.07, 6.45) is 0. The number of amides is 2. The largest absolute Gasteiger partial charge is 0.478 e. The van der Waals surface area contributed by atoms with Crippen molar-refractivity contribution < 1.29 is 14.3 Å². The molecule has 1 aliphatic rings. The number of rotatable bonds is 5. The Balaban J connectivity index is 1.76. The van der Waals surface area contributed by atoms with Gasteiger partial charge < -0.3 is 19.9 Å². The van der Waals surface area contributed by atoms with E-state index in [0.717, 1.165) is 5.69 Å². The molecular weight excluding hydrogens is 425 g/mol. The van der Waals surface area contributed by atoms with Gasteiger partial charge in [-0.1, -0.05) is 29.3 Å². The number of carbonyl (C=O) groups excluding carboxylic acids is 2. The van der Waals surface area contributed by atoms with Crippen LogP contribution < -0.4 is 15.0 Å². The van der Waals surface area contributed by atoms with E-state index in [1.807, 2.05) is 6.07 Å². The van der Waals surface area contributed by atoms with Gasteiger partial charge in [0.2, 0.25) is 5.91 Å². The van der Waals surface area contributed by atoms with Crippen molar-refractivity contribution in [1.29, 1.82) is 0 Å². The fourth-order valence-electron chi connectivity index (χ4n) is 3.30. The highest BCUT2D eigenvalue weighted by Gasteiger charge is 2.31. The van der Waals surface area contributed by atoms with Crippen molar-refractivity contribution in [3.63, 3.8) is 0 Å². The van der Waals surface area contributed by atoms with Crippen LogP contribution in [0.4, 0.5) is 11.4 Å². The maximum absolute atomic E-state index is 13.0. The number of hydrogen-bond donors (Lipinski definition) is 1. The molecule has 0 atom stereocenters. The maximum atomic E-state index is 13.0. The molecule has 2 aromatic rings. The molecule has 0 aliphatic carbocycles. The quantitative estimate of drug-likeness (QED) is 0.731. The van der Waals surface area contributed by atoms with E-state index in [2.05, 4.69) is 10.2 Å². The number of carbonyl (C=O) groups is 2. The third-order valence-electron chi connectivity index (χ3n) is 5.01. The third-order valence-corrected chi connectivity index (χ3v) is 5.57. The number of halogens is 2. The number of benzene rings is 2. The zero-order valence-corrected chi connectivity index (χ0v) is 18.8. The van der Waals surface area contributed by atoms with Gasteiger partial charge in [-0.2, -0.15) is 0 Å². The second-order valence-electron chi connectivity index (χ2n) is 7.65. The molecule has 0 unspecified atom stereocenters. The van der Waals surface area contributed by atoms with E-state index < -0.39 is 5.60 Å². The molecule has 1 saturated heterocycles. The van der Waals surface area contributed by atoms with Crippen LogP contribution in [-0.2, 0) is 9.59 Å². The molecule has 0 bridgehead atoms. The van der Waals surface area contributed by atoms with Gasteiger partial charge in [-0.05, 0) is 50.2 Å². The molecule has 8 heteroatoms. The highest BCUT2D eigenvalue weighted by Crippen LogP contribution is 2.35. The lowest BCUT2D eigenvalue weighted by Crippen LogP contribution is -2.48. The molecule has 6 nitrogen and oxygen atoms in total. The smallest absolute Gasteiger partial charge is 0.268 e. The standard InChI is InChI=1S/C22H25Cl2N3O3/c1-15(28)26-11-13-27(14-12-26)20-18(24)5-4-6-19(20)25-21(29)22(2,3)30-17-9-7-16(23)8-10-17/h4-10H,11-14H2,1-3H3,(H,25,29). The molecule has 1 heterocycles. The van der Waals surface area contributed by atoms with E-state index in [0.29, 0.717) is 47.7 Å². The van der Waals surface area contributed by atoms with Gasteiger partial charge >= 0.3 is 0 Å². The van der Waals surface area contributed by atoms with E-state index >= 15 is 0 Å². The van der Waals surface area contributed by atoms with Crippen LogP contribution in [0.1, 0.15) is 20.8 Å². The van der Waals surface area contributed by atoms with Crippen molar-refractivity contribution in [1.82, 2.24) is 4.90 Å². The second kappa shape index (κ2) is 9.14. The number of para-hydroxylation sites is 1. The highest BCUT2D eigenvalue weighted by molar-refractivity contribution is 6.34. The molecule has 2 aromatic carbocycles. The Kier molecular flexibility index (Phi) is 6.78. The van der Waals surface area contributed by atoms with Crippen molar-refractivity contribution in [3.8, 4) is 5.75 Å². The van der Waals surface area contributed by atoms with E-state index in [4.69, 9.17) is 27.9 Å². The minimum Gasteiger partial charge on any atom is -0.478 e. The lowest BCUT2D eigenvalue weighted by atomic mass is 10.1. The summed E-state index contributed by atoms with van der Waals surface area (Å²) >= 11 is 12.4. The third kappa shape index (κ3) is 5.18. The molecule has 0 aromatic heterocycles. The molecule has 0 spiro atoms. The first kappa shape index (κ1) is 22.2. The van der Waals surface area contributed by atoms with Crippen molar-refractivity contribution >= 4 is 46.4 Å². The van der Waals surface area contributed by atoms with E-state index in [-0.39, 0.29) is 11.8 Å². The van der Waals surface area contributed by atoms with Gasteiger partial charge in [0.25, 0.3) is 5.91 Å². The number of nitrogens with one attached hydrogen (secondary N) is 1. The predicted molar refractivity (Wildman–Crippen MR) is 121 cm³/mol. The van der Waals surface area contributed by atoms with Crippen LogP contribution in [0.5, 0.6) is 5.75 Å². The number of nitrogens with zero attached hydrogens (tertiary/aromatic N) is 2. The zero-order valence-electron chi connectivity index (χ0n) is 17.2. The predicted octanol–water partition coefficient (Wildman–Crippen LogP) is 4.46. The van der Waals surface area contributed by atoms with Gasteiger partial charge in [-0.3, -0.25) is 9.59 Å². The summed E-state index contributed by atoms with van der Waals surface area (Å²) in [5, 5.41) is 4.10. The highest BCUT2D eigenvalue weighted by atomic mass is 35.5. The molecular formula is C22H25Cl2N3O3. The zero-order chi connectivity index (χ0) is 21.9. The molecule has 1 aliphatic heterocycles. The minimum atomic E-state index is -1.12. The molecule has 0 saturated carbocycles. The molecule has 1 N–H and O–H groups in total. The lowest BCUT2D eigenvalue weighted by molar-refractivity contribution is -0.129. The normalized spacial score (nSPS) is 14.4. The topological polar surface area (TPSA) is 61.9 Å². The SMILES string of the molecule is CC(=O)N1CCN(c2c(Cl)cccc2NC(=O)C(C)(C)Oc2ccc(Cl)cc2)CC1. The van der Waals surface area contributed by atoms with Crippen LogP contribution in [-0.4, -0.2) is 48.5 Å². The molecule has 3 rings (SSSR count). The van der Waals surface area contributed by atoms with Crippen LogP contribution in [0, 0.1) is 0 Å². The van der Waals surface area contributed by atoms with E-state index in [9.17, 15) is 9.59 Å². The summed E-state index contributed by atoms with van der Waals surface area (Å²) in [6.45, 7) is 7.46. The summed E-state index contributed by atoms with van der Waals surface area (Å²) < 4.78 is 5.89. The van der Waals surface area contributed by atoms with Crippen molar-refractivity contribution in [2.45, 2.75) is 26.4 Å². The van der Waals surface area contributed by atoms with Crippen molar-refractivity contribution in [3.05, 3.63) is 52.5 Å². The molecule has 160 valence electrons. The maximum Gasteiger partial charge on any atom is 0.268 e. The number of anilines is 2. The monoisotopic (exact) mass is 449 g/mol. The van der Waals surface area contributed by atoms with Crippen LogP contribution in [0.25, 0.3) is 0 Å². The first-order valence-electron chi connectivity index (χ1n) is 9.72. The van der Waals surface area contributed by atoms with Gasteiger partial charge in [0, 0.05) is 38.1 Å². The Morgan fingerprint density at radius 2 is 1.63 bits per heavy atom. The summed E-state index contributed by atoms with van der Waals surface area (Å²) in [6, 6.07) is 12.3. The Morgan fingerprint density at radius 1 is 1.00 bits per heavy atom. The Hall–Kier alpha value is -2.44. The minimum absolute atomic E-state index is 0.0587. The van der Waals surface area contributed by atoms with E-state index in [1.165, 1.54) is 0 Å². The first-order chi connectivity index (χ1) is 14.2. The van der Waals surface area contributed by atoms with Gasteiger partial charge in [0.05, 0.1) is 16.4 Å². The van der Waals surface area contributed by atoms with E-state index in [1.54, 1.807) is 62.1 Å². The Morgan fingerprint density at radius 3 is 2.23 bits per heavy atom. The average Bonchev–Trinajstić information content (AvgIpc) is 2.70. The fraction of sp³-hybridized carbons (Fsp3) is 0.364. The summed E-state index contributed by atoms with van der Waals surface area (Å²) in [4.78, 5) is 28.5. The summed E-state index contributed by atoms with van der Waals surface area (Å²) in [5.41, 5.74) is 0.232. The van der Waals surface area contributed by atoms with Crippen molar-refractivity contribution in [2.24, 2.45) is 0 Å². The average molecular weight is 450 g/mol. The van der Waals surface area contributed by atoms with Gasteiger partial charge in [-0.15, -0.1) is 0 Å². The molecule has 0 radical (unpaired) electrons. The van der Waals surface area contributed by atoms with Crippen LogP contribution >= 0.6 is 23.2 Å². The summed E-state index contributed by atoms with van der Waals surface area (Å²) in [5.74, 6) is 0.304. The van der Waals surface area contributed by atoms with Gasteiger partial charge in [-0.25, -0.2) is 0 Å². The fourth-order valence-corrected chi connectivity index (χ4v) is 3.72. The molecule has 1 fully saturated rings.